The van der Waals surface area contributed by atoms with Crippen LogP contribution in [0.4, 0.5) is 5.88 Å². The second-order valence-electron chi connectivity index (χ2n) is 7.48. The molecule has 2 aromatic rings. The lowest BCUT2D eigenvalue weighted by Crippen LogP contribution is -2.47. The van der Waals surface area contributed by atoms with Crippen LogP contribution in [0.5, 0.6) is 0 Å². The Morgan fingerprint density at radius 2 is 1.90 bits per heavy atom. The molecular weight excluding hydrogens is 376 g/mol. The summed E-state index contributed by atoms with van der Waals surface area (Å²) in [7, 11) is 0. The zero-order chi connectivity index (χ0) is 20.5. The Labute approximate surface area is 167 Å². The molecule has 0 saturated carbocycles. The Morgan fingerprint density at radius 3 is 2.59 bits per heavy atom. The second-order valence-corrected chi connectivity index (χ2v) is 7.48. The van der Waals surface area contributed by atoms with Crippen molar-refractivity contribution in [1.82, 2.24) is 9.80 Å². The zero-order valence-electron chi connectivity index (χ0n) is 15.8. The third kappa shape index (κ3) is 3.61. The first-order valence-corrected chi connectivity index (χ1v) is 9.60. The lowest BCUT2D eigenvalue weighted by molar-refractivity contribution is -0.402. The minimum atomic E-state index is -0.696. The van der Waals surface area contributed by atoms with Gasteiger partial charge in [-0.05, 0) is 24.5 Å². The molecule has 29 heavy (non-hydrogen) atoms. The third-order valence-corrected chi connectivity index (χ3v) is 5.69. The van der Waals surface area contributed by atoms with Crippen LogP contribution in [0, 0.1) is 10.1 Å². The average molecular weight is 398 g/mol. The molecule has 2 saturated heterocycles. The molecular formula is C20H22N4O5. The fourth-order valence-corrected chi connectivity index (χ4v) is 4.22. The fourth-order valence-electron chi connectivity index (χ4n) is 4.22. The topological polar surface area (TPSA) is 123 Å². The molecule has 0 spiro atoms. The average Bonchev–Trinajstić information content (AvgIpc) is 3.46. The largest absolute Gasteiger partial charge is 0.433 e. The summed E-state index contributed by atoms with van der Waals surface area (Å²) in [6.45, 7) is 1.35. The minimum Gasteiger partial charge on any atom is -0.395 e. The SMILES string of the molecule is N[C@@H]1CN(C(=O)C2CCCN2C(=O)c2ccc([N+](=O)[O-])o2)C[C@H]1c1ccccc1. The van der Waals surface area contributed by atoms with E-state index in [1.165, 1.54) is 11.0 Å². The summed E-state index contributed by atoms with van der Waals surface area (Å²) in [5.41, 5.74) is 7.40. The maximum absolute atomic E-state index is 13.2. The Bertz CT molecular complexity index is 928. The standard InChI is InChI=1S/C20H22N4O5/c21-15-12-22(11-14(15)13-5-2-1-3-6-13)19(25)16-7-4-10-23(16)20(26)17-8-9-18(29-17)24(27)28/h1-3,5-6,8-9,14-16H,4,7,10-12,21H2/t14-,15+,16?/m0/s1. The van der Waals surface area contributed by atoms with Crippen LogP contribution in [0.2, 0.25) is 0 Å². The molecule has 0 bridgehead atoms. The number of carbonyl (C=O) groups is 2. The second kappa shape index (κ2) is 7.67. The maximum atomic E-state index is 13.2. The summed E-state index contributed by atoms with van der Waals surface area (Å²) < 4.78 is 5.03. The van der Waals surface area contributed by atoms with Crippen molar-refractivity contribution >= 4 is 17.7 Å². The number of hydrogen-bond acceptors (Lipinski definition) is 6. The number of nitrogens with two attached hydrogens (primary N) is 1. The highest BCUT2D eigenvalue weighted by Gasteiger charge is 2.42. The number of benzene rings is 1. The van der Waals surface area contributed by atoms with E-state index in [1.54, 1.807) is 4.90 Å². The molecule has 9 nitrogen and oxygen atoms in total. The van der Waals surface area contributed by atoms with Gasteiger partial charge in [-0.15, -0.1) is 0 Å². The normalized spacial score (nSPS) is 24.1. The Morgan fingerprint density at radius 1 is 1.14 bits per heavy atom. The molecule has 3 heterocycles. The molecule has 2 N–H and O–H groups in total. The van der Waals surface area contributed by atoms with Gasteiger partial charge in [-0.1, -0.05) is 30.3 Å². The lowest BCUT2D eigenvalue weighted by Gasteiger charge is -2.27. The van der Waals surface area contributed by atoms with Crippen molar-refractivity contribution in [2.75, 3.05) is 19.6 Å². The van der Waals surface area contributed by atoms with Crippen LogP contribution in [0.1, 0.15) is 34.9 Å². The number of hydrogen-bond donors (Lipinski definition) is 1. The minimum absolute atomic E-state index is 0.0541. The number of nitrogens with zero attached hydrogens (tertiary/aromatic N) is 3. The lowest BCUT2D eigenvalue weighted by atomic mass is 9.95. The molecule has 152 valence electrons. The predicted octanol–water partition coefficient (Wildman–Crippen LogP) is 1.75. The van der Waals surface area contributed by atoms with Crippen molar-refractivity contribution in [2.45, 2.75) is 30.8 Å². The van der Waals surface area contributed by atoms with Crippen molar-refractivity contribution in [3.05, 3.63) is 63.9 Å². The summed E-state index contributed by atoms with van der Waals surface area (Å²) >= 11 is 0. The number of furan rings is 1. The molecule has 1 aromatic carbocycles. The van der Waals surface area contributed by atoms with E-state index in [4.69, 9.17) is 10.2 Å². The highest BCUT2D eigenvalue weighted by molar-refractivity contribution is 5.96. The monoisotopic (exact) mass is 398 g/mol. The first-order chi connectivity index (χ1) is 14.0. The van der Waals surface area contributed by atoms with Crippen LogP contribution in [0.3, 0.4) is 0 Å². The van der Waals surface area contributed by atoms with Gasteiger partial charge in [-0.2, -0.15) is 0 Å². The van der Waals surface area contributed by atoms with Gasteiger partial charge in [0.05, 0.1) is 6.07 Å². The summed E-state index contributed by atoms with van der Waals surface area (Å²) in [6, 6.07) is 11.5. The maximum Gasteiger partial charge on any atom is 0.433 e. The van der Waals surface area contributed by atoms with E-state index in [2.05, 4.69) is 0 Å². The van der Waals surface area contributed by atoms with Crippen LogP contribution in [0.25, 0.3) is 0 Å². The molecule has 3 atom stereocenters. The summed E-state index contributed by atoms with van der Waals surface area (Å²) in [4.78, 5) is 39.2. The van der Waals surface area contributed by atoms with Gasteiger partial charge in [0, 0.05) is 31.6 Å². The highest BCUT2D eigenvalue weighted by Crippen LogP contribution is 2.30. The molecule has 0 radical (unpaired) electrons. The fraction of sp³-hybridized carbons (Fsp3) is 0.400. The van der Waals surface area contributed by atoms with Gasteiger partial charge in [0.15, 0.2) is 5.76 Å². The van der Waals surface area contributed by atoms with Crippen LogP contribution < -0.4 is 5.73 Å². The van der Waals surface area contributed by atoms with Gasteiger partial charge in [-0.25, -0.2) is 0 Å². The van der Waals surface area contributed by atoms with Crippen molar-refractivity contribution in [1.29, 1.82) is 0 Å². The van der Waals surface area contributed by atoms with E-state index < -0.39 is 22.8 Å². The molecule has 9 heteroatoms. The van der Waals surface area contributed by atoms with Crippen molar-refractivity contribution in [3.63, 3.8) is 0 Å². The van der Waals surface area contributed by atoms with Crippen LogP contribution in [0.15, 0.2) is 46.9 Å². The van der Waals surface area contributed by atoms with E-state index in [9.17, 15) is 19.7 Å². The van der Waals surface area contributed by atoms with Crippen LogP contribution in [-0.2, 0) is 4.79 Å². The van der Waals surface area contributed by atoms with E-state index >= 15 is 0 Å². The number of rotatable bonds is 4. The molecule has 2 amide bonds. The molecule has 0 aliphatic carbocycles. The predicted molar refractivity (Wildman–Crippen MR) is 103 cm³/mol. The van der Waals surface area contributed by atoms with Crippen molar-refractivity contribution in [3.8, 4) is 0 Å². The first kappa shape index (κ1) is 19.1. The van der Waals surface area contributed by atoms with Crippen LogP contribution >= 0.6 is 0 Å². The summed E-state index contributed by atoms with van der Waals surface area (Å²) in [6.07, 6.45) is 1.24. The number of amides is 2. The Hall–Kier alpha value is -3.20. The first-order valence-electron chi connectivity index (χ1n) is 9.60. The zero-order valence-corrected chi connectivity index (χ0v) is 15.8. The van der Waals surface area contributed by atoms with Gasteiger partial charge in [-0.3, -0.25) is 19.7 Å². The Balaban J connectivity index is 1.48. The third-order valence-electron chi connectivity index (χ3n) is 5.69. The number of nitro groups is 1. The van der Waals surface area contributed by atoms with E-state index in [1.807, 2.05) is 30.3 Å². The van der Waals surface area contributed by atoms with Gasteiger partial charge in [0.1, 0.15) is 11.0 Å². The molecule has 1 aromatic heterocycles. The quantitative estimate of drug-likeness (QED) is 0.618. The Kier molecular flexibility index (Phi) is 5.06. The molecule has 2 aliphatic rings. The van der Waals surface area contributed by atoms with Crippen molar-refractivity contribution < 1.29 is 18.9 Å². The van der Waals surface area contributed by atoms with E-state index in [0.29, 0.717) is 32.5 Å². The van der Waals surface area contributed by atoms with E-state index in [0.717, 1.165) is 11.6 Å². The number of likely N-dealkylation sites (tertiary alicyclic amines) is 2. The molecule has 4 rings (SSSR count). The van der Waals surface area contributed by atoms with Crippen LogP contribution in [-0.4, -0.2) is 58.3 Å². The van der Waals surface area contributed by atoms with Crippen molar-refractivity contribution in [2.24, 2.45) is 5.73 Å². The van der Waals surface area contributed by atoms with Gasteiger partial charge < -0.3 is 20.0 Å². The molecule has 2 aliphatic heterocycles. The number of carbonyl (C=O) groups excluding carboxylic acids is 2. The molecule has 1 unspecified atom stereocenters. The summed E-state index contributed by atoms with van der Waals surface area (Å²) in [5, 5.41) is 10.8. The smallest absolute Gasteiger partial charge is 0.395 e. The van der Waals surface area contributed by atoms with Gasteiger partial charge in [0.2, 0.25) is 5.91 Å². The molecule has 2 fully saturated rings. The summed E-state index contributed by atoms with van der Waals surface area (Å²) in [5.74, 6) is -1.20. The van der Waals surface area contributed by atoms with Gasteiger partial charge >= 0.3 is 5.88 Å². The van der Waals surface area contributed by atoms with Gasteiger partial charge in [0.25, 0.3) is 5.91 Å². The highest BCUT2D eigenvalue weighted by atomic mass is 16.6. The van der Waals surface area contributed by atoms with E-state index in [-0.39, 0.29) is 23.6 Å².